The topological polar surface area (TPSA) is 107 Å². The van der Waals surface area contributed by atoms with Crippen LogP contribution in [-0.4, -0.2) is 24.0 Å². The molecule has 0 fully saturated rings. The number of ether oxygens (including phenoxy) is 1. The number of benzene rings is 1. The molecule has 0 spiro atoms. The molecular formula is C9H11NO5S. The summed E-state index contributed by atoms with van der Waals surface area (Å²) in [6.07, 6.45) is 0. The lowest BCUT2D eigenvalue weighted by atomic mass is 10.2. The van der Waals surface area contributed by atoms with E-state index in [-0.39, 0.29) is 5.56 Å². The zero-order valence-corrected chi connectivity index (χ0v) is 9.27. The van der Waals surface area contributed by atoms with Crippen molar-refractivity contribution < 1.29 is 22.5 Å². The van der Waals surface area contributed by atoms with Crippen LogP contribution in [0.15, 0.2) is 30.3 Å². The lowest BCUT2D eigenvalue weighted by Crippen LogP contribution is -2.48. The van der Waals surface area contributed by atoms with Crippen LogP contribution in [-0.2, 0) is 14.9 Å². The van der Waals surface area contributed by atoms with E-state index in [1.54, 1.807) is 18.2 Å². The van der Waals surface area contributed by atoms with Gasteiger partial charge in [-0.2, -0.15) is 8.42 Å². The first-order chi connectivity index (χ1) is 7.24. The van der Waals surface area contributed by atoms with Gasteiger partial charge in [0.15, 0.2) is 0 Å². The SMILES string of the molecule is CC(N)(OC(=O)c1ccccc1)S(=O)(=O)O. The highest BCUT2D eigenvalue weighted by Gasteiger charge is 2.38. The van der Waals surface area contributed by atoms with Crippen LogP contribution < -0.4 is 5.73 Å². The van der Waals surface area contributed by atoms with Crippen LogP contribution in [0.5, 0.6) is 0 Å². The number of hydrogen-bond acceptors (Lipinski definition) is 5. The van der Waals surface area contributed by atoms with Crippen LogP contribution in [0.2, 0.25) is 0 Å². The van der Waals surface area contributed by atoms with Gasteiger partial charge in [0.1, 0.15) is 0 Å². The van der Waals surface area contributed by atoms with Gasteiger partial charge in [0.2, 0.25) is 0 Å². The summed E-state index contributed by atoms with van der Waals surface area (Å²) in [7, 11) is -4.67. The van der Waals surface area contributed by atoms with E-state index < -0.39 is 21.1 Å². The average Bonchev–Trinajstić information content (AvgIpc) is 2.16. The fraction of sp³-hybridized carbons (Fsp3) is 0.222. The summed E-state index contributed by atoms with van der Waals surface area (Å²) in [5.41, 5.74) is 5.29. The molecule has 0 aliphatic heterocycles. The number of esters is 1. The molecule has 3 N–H and O–H groups in total. The maximum absolute atomic E-state index is 11.4. The van der Waals surface area contributed by atoms with Gasteiger partial charge >= 0.3 is 16.1 Å². The number of hydrogen-bond donors (Lipinski definition) is 2. The van der Waals surface area contributed by atoms with Crippen LogP contribution in [0, 0.1) is 0 Å². The fourth-order valence-electron chi connectivity index (χ4n) is 0.870. The van der Waals surface area contributed by atoms with E-state index in [0.717, 1.165) is 6.92 Å². The van der Waals surface area contributed by atoms with Crippen molar-refractivity contribution >= 4 is 16.1 Å². The van der Waals surface area contributed by atoms with Gasteiger partial charge < -0.3 is 4.74 Å². The molecule has 1 atom stereocenters. The molecular weight excluding hydrogens is 234 g/mol. The quantitative estimate of drug-likeness (QED) is 0.452. The molecule has 1 aromatic carbocycles. The van der Waals surface area contributed by atoms with Crippen molar-refractivity contribution in [2.24, 2.45) is 5.73 Å². The van der Waals surface area contributed by atoms with Crippen molar-refractivity contribution in [2.75, 3.05) is 0 Å². The summed E-state index contributed by atoms with van der Waals surface area (Å²) >= 11 is 0. The van der Waals surface area contributed by atoms with Gasteiger partial charge in [0.05, 0.1) is 5.56 Å². The van der Waals surface area contributed by atoms with Gasteiger partial charge in [-0.15, -0.1) is 0 Å². The predicted octanol–water partition coefficient (Wildman–Crippen LogP) is 0.364. The molecule has 1 rings (SSSR count). The van der Waals surface area contributed by atoms with Gasteiger partial charge in [-0.25, -0.2) is 4.79 Å². The monoisotopic (exact) mass is 245 g/mol. The number of rotatable bonds is 3. The third-order valence-electron chi connectivity index (χ3n) is 1.82. The highest BCUT2D eigenvalue weighted by molar-refractivity contribution is 7.87. The van der Waals surface area contributed by atoms with Gasteiger partial charge in [-0.1, -0.05) is 18.2 Å². The molecule has 0 aromatic heterocycles. The summed E-state index contributed by atoms with van der Waals surface area (Å²) in [6.45, 7) is 0.878. The smallest absolute Gasteiger partial charge is 0.340 e. The average molecular weight is 245 g/mol. The first-order valence-corrected chi connectivity index (χ1v) is 5.72. The fourth-order valence-corrected chi connectivity index (χ4v) is 1.05. The number of nitrogens with two attached hydrogens (primary N) is 1. The molecule has 0 saturated heterocycles. The van der Waals surface area contributed by atoms with E-state index in [0.29, 0.717) is 0 Å². The molecule has 0 amide bonds. The van der Waals surface area contributed by atoms with Gasteiger partial charge in [-0.3, -0.25) is 10.3 Å². The molecule has 0 heterocycles. The summed E-state index contributed by atoms with van der Waals surface area (Å²) in [5.74, 6) is -0.928. The van der Waals surface area contributed by atoms with Crippen molar-refractivity contribution in [3.63, 3.8) is 0 Å². The van der Waals surface area contributed by atoms with Crippen LogP contribution in [0.3, 0.4) is 0 Å². The summed E-state index contributed by atoms with van der Waals surface area (Å²) < 4.78 is 34.7. The lowest BCUT2D eigenvalue weighted by molar-refractivity contribution is 0.0211. The van der Waals surface area contributed by atoms with E-state index in [2.05, 4.69) is 4.74 Å². The molecule has 6 nitrogen and oxygen atoms in total. The van der Waals surface area contributed by atoms with Gasteiger partial charge in [0.25, 0.3) is 5.06 Å². The Balaban J connectivity index is 2.89. The molecule has 7 heteroatoms. The molecule has 1 unspecified atom stereocenters. The Labute approximate surface area is 92.8 Å². The Kier molecular flexibility index (Phi) is 3.32. The largest absolute Gasteiger partial charge is 0.423 e. The minimum Gasteiger partial charge on any atom is -0.423 e. The first-order valence-electron chi connectivity index (χ1n) is 4.28. The third-order valence-corrected chi connectivity index (χ3v) is 2.92. The molecule has 0 bridgehead atoms. The van der Waals surface area contributed by atoms with Crippen LogP contribution in [0.25, 0.3) is 0 Å². The zero-order chi connectivity index (χ0) is 12.4. The second-order valence-electron chi connectivity index (χ2n) is 3.25. The number of carbonyl (C=O) groups is 1. The second kappa shape index (κ2) is 4.20. The van der Waals surface area contributed by atoms with E-state index >= 15 is 0 Å². The van der Waals surface area contributed by atoms with Crippen molar-refractivity contribution in [2.45, 2.75) is 12.0 Å². The highest BCUT2D eigenvalue weighted by atomic mass is 32.2. The molecule has 0 aliphatic rings. The Morgan fingerprint density at radius 1 is 1.38 bits per heavy atom. The van der Waals surface area contributed by atoms with Crippen molar-refractivity contribution in [3.05, 3.63) is 35.9 Å². The summed E-state index contributed by atoms with van der Waals surface area (Å²) in [5, 5.41) is -2.46. The van der Waals surface area contributed by atoms with Crippen molar-refractivity contribution in [1.29, 1.82) is 0 Å². The molecule has 0 aliphatic carbocycles. The van der Waals surface area contributed by atoms with Crippen LogP contribution in [0.1, 0.15) is 17.3 Å². The van der Waals surface area contributed by atoms with Gasteiger partial charge in [0, 0.05) is 6.92 Å². The van der Waals surface area contributed by atoms with Crippen molar-refractivity contribution in [1.82, 2.24) is 0 Å². The minimum atomic E-state index is -4.67. The molecule has 0 radical (unpaired) electrons. The third kappa shape index (κ3) is 2.78. The molecule has 88 valence electrons. The van der Waals surface area contributed by atoms with E-state index in [1.807, 2.05) is 0 Å². The number of carbonyl (C=O) groups excluding carboxylic acids is 1. The standard InChI is InChI=1S/C9H11NO5S/c1-9(10,16(12,13)14)15-8(11)7-5-3-2-4-6-7/h2-6H,10H2,1H3,(H,12,13,14). The Morgan fingerprint density at radius 3 is 2.31 bits per heavy atom. The van der Waals surface area contributed by atoms with Crippen LogP contribution in [0.4, 0.5) is 0 Å². The molecule has 16 heavy (non-hydrogen) atoms. The summed E-state index contributed by atoms with van der Waals surface area (Å²) in [4.78, 5) is 11.4. The first kappa shape index (κ1) is 12.6. The predicted molar refractivity (Wildman–Crippen MR) is 56.0 cm³/mol. The van der Waals surface area contributed by atoms with E-state index in [4.69, 9.17) is 10.3 Å². The van der Waals surface area contributed by atoms with Crippen LogP contribution >= 0.6 is 0 Å². The molecule has 0 saturated carbocycles. The normalized spacial score (nSPS) is 15.2. The van der Waals surface area contributed by atoms with Gasteiger partial charge in [-0.05, 0) is 12.1 Å². The Bertz CT molecular complexity index is 480. The Hall–Kier alpha value is -1.44. The zero-order valence-electron chi connectivity index (χ0n) is 8.45. The maximum Gasteiger partial charge on any atom is 0.340 e. The Morgan fingerprint density at radius 2 is 1.88 bits per heavy atom. The van der Waals surface area contributed by atoms with E-state index in [1.165, 1.54) is 12.1 Å². The summed E-state index contributed by atoms with van der Waals surface area (Å²) in [6, 6.07) is 7.71. The highest BCUT2D eigenvalue weighted by Crippen LogP contribution is 2.13. The van der Waals surface area contributed by atoms with E-state index in [9.17, 15) is 13.2 Å². The van der Waals surface area contributed by atoms with Crippen molar-refractivity contribution in [3.8, 4) is 0 Å². The minimum absolute atomic E-state index is 0.142. The maximum atomic E-state index is 11.4. The second-order valence-corrected chi connectivity index (χ2v) is 5.01. The molecule has 1 aromatic rings. The lowest BCUT2D eigenvalue weighted by Gasteiger charge is -2.20.